The van der Waals surface area contributed by atoms with Gasteiger partial charge in [-0.1, -0.05) is 25.0 Å². The fourth-order valence-electron chi connectivity index (χ4n) is 3.51. The molecule has 168 valence electrons. The molecule has 0 amide bonds. The average molecular weight is 448 g/mol. The van der Waals surface area contributed by atoms with Crippen molar-refractivity contribution in [2.45, 2.75) is 37.5 Å². The summed E-state index contributed by atoms with van der Waals surface area (Å²) >= 11 is 0. The lowest BCUT2D eigenvalue weighted by Crippen LogP contribution is -2.32. The van der Waals surface area contributed by atoms with Crippen LogP contribution >= 0.6 is 0 Å². The van der Waals surface area contributed by atoms with Crippen LogP contribution in [0.1, 0.15) is 41.6 Å². The van der Waals surface area contributed by atoms with Gasteiger partial charge < -0.3 is 14.2 Å². The number of rotatable bonds is 8. The number of aryl methyl sites for hydroxylation is 1. The SMILES string of the molecule is COc1ccc(C(=O)OCCOc2cccc(C)c2)cc1S(=O)(=O)N1CCCCCC1. The van der Waals surface area contributed by atoms with E-state index in [1.807, 2.05) is 31.2 Å². The van der Waals surface area contributed by atoms with E-state index in [4.69, 9.17) is 14.2 Å². The van der Waals surface area contributed by atoms with Crippen LogP contribution in [0.4, 0.5) is 0 Å². The molecule has 3 rings (SSSR count). The summed E-state index contributed by atoms with van der Waals surface area (Å²) in [7, 11) is -2.36. The molecule has 0 aromatic heterocycles. The zero-order valence-corrected chi connectivity index (χ0v) is 18.8. The molecule has 1 heterocycles. The van der Waals surface area contributed by atoms with Gasteiger partial charge in [-0.15, -0.1) is 0 Å². The van der Waals surface area contributed by atoms with Gasteiger partial charge in [0.15, 0.2) is 0 Å². The van der Waals surface area contributed by atoms with Crippen LogP contribution in [0.15, 0.2) is 47.4 Å². The molecule has 8 heteroatoms. The van der Waals surface area contributed by atoms with Gasteiger partial charge in [0.25, 0.3) is 0 Å². The summed E-state index contributed by atoms with van der Waals surface area (Å²) in [6.07, 6.45) is 3.68. The Morgan fingerprint density at radius 2 is 1.74 bits per heavy atom. The van der Waals surface area contributed by atoms with E-state index in [0.29, 0.717) is 18.8 Å². The summed E-state index contributed by atoms with van der Waals surface area (Å²) in [6, 6.07) is 11.9. The van der Waals surface area contributed by atoms with E-state index in [1.165, 1.54) is 29.6 Å². The minimum atomic E-state index is -3.77. The quantitative estimate of drug-likeness (QED) is 0.452. The molecule has 0 spiro atoms. The number of carbonyl (C=O) groups excluding carboxylic acids is 1. The fraction of sp³-hybridized carbons (Fsp3) is 0.435. The third kappa shape index (κ3) is 5.98. The molecule has 0 atom stereocenters. The number of hydrogen-bond acceptors (Lipinski definition) is 6. The van der Waals surface area contributed by atoms with Gasteiger partial charge in [0.2, 0.25) is 10.0 Å². The van der Waals surface area contributed by atoms with Crippen molar-refractivity contribution in [1.29, 1.82) is 0 Å². The maximum atomic E-state index is 13.2. The van der Waals surface area contributed by atoms with Gasteiger partial charge in [-0.05, 0) is 55.7 Å². The van der Waals surface area contributed by atoms with Crippen molar-refractivity contribution < 1.29 is 27.4 Å². The molecule has 7 nitrogen and oxygen atoms in total. The first-order valence-corrected chi connectivity index (χ1v) is 11.9. The van der Waals surface area contributed by atoms with E-state index in [-0.39, 0.29) is 29.4 Å². The van der Waals surface area contributed by atoms with Crippen molar-refractivity contribution in [3.8, 4) is 11.5 Å². The lowest BCUT2D eigenvalue weighted by atomic mass is 10.2. The number of nitrogens with zero attached hydrogens (tertiary/aromatic N) is 1. The van der Waals surface area contributed by atoms with Crippen LogP contribution in [0.5, 0.6) is 11.5 Å². The number of esters is 1. The Morgan fingerprint density at radius 1 is 1.00 bits per heavy atom. The average Bonchev–Trinajstić information content (AvgIpc) is 3.06. The monoisotopic (exact) mass is 447 g/mol. The lowest BCUT2D eigenvalue weighted by Gasteiger charge is -2.21. The molecule has 1 fully saturated rings. The van der Waals surface area contributed by atoms with Gasteiger partial charge in [-0.25, -0.2) is 13.2 Å². The van der Waals surface area contributed by atoms with Crippen LogP contribution < -0.4 is 9.47 Å². The van der Waals surface area contributed by atoms with E-state index in [9.17, 15) is 13.2 Å². The zero-order chi connectivity index (χ0) is 22.3. The standard InChI is InChI=1S/C23H29NO6S/c1-18-8-7-9-20(16-18)29-14-15-30-23(25)19-10-11-21(28-2)22(17-19)31(26,27)24-12-5-3-4-6-13-24/h7-11,16-17H,3-6,12-15H2,1-2H3. The third-order valence-electron chi connectivity index (χ3n) is 5.16. The molecule has 0 N–H and O–H groups in total. The minimum absolute atomic E-state index is 0.0117. The molecular weight excluding hydrogens is 418 g/mol. The fourth-order valence-corrected chi connectivity index (χ4v) is 5.21. The molecule has 0 bridgehead atoms. The van der Waals surface area contributed by atoms with Gasteiger partial charge in [0.1, 0.15) is 29.6 Å². The molecule has 1 aliphatic rings. The van der Waals surface area contributed by atoms with E-state index >= 15 is 0 Å². The molecule has 2 aromatic carbocycles. The predicted molar refractivity (Wildman–Crippen MR) is 117 cm³/mol. The van der Waals surface area contributed by atoms with Gasteiger partial charge in [0.05, 0.1) is 12.7 Å². The number of carbonyl (C=O) groups is 1. The molecule has 0 aliphatic carbocycles. The van der Waals surface area contributed by atoms with Gasteiger partial charge >= 0.3 is 5.97 Å². The molecule has 1 aliphatic heterocycles. The molecule has 0 unspecified atom stereocenters. The van der Waals surface area contributed by atoms with Crippen LogP contribution in [-0.4, -0.2) is 52.1 Å². The molecule has 2 aromatic rings. The highest BCUT2D eigenvalue weighted by Gasteiger charge is 2.29. The Morgan fingerprint density at radius 3 is 2.42 bits per heavy atom. The maximum Gasteiger partial charge on any atom is 0.338 e. The number of hydrogen-bond donors (Lipinski definition) is 0. The summed E-state index contributed by atoms with van der Waals surface area (Å²) in [6.45, 7) is 3.15. The first-order chi connectivity index (χ1) is 14.9. The second-order valence-electron chi connectivity index (χ2n) is 7.48. The molecule has 1 saturated heterocycles. The molecule has 0 radical (unpaired) electrons. The lowest BCUT2D eigenvalue weighted by molar-refractivity contribution is 0.0450. The summed E-state index contributed by atoms with van der Waals surface area (Å²) in [4.78, 5) is 12.5. The van der Waals surface area contributed by atoms with Crippen molar-refractivity contribution in [2.24, 2.45) is 0 Å². The topological polar surface area (TPSA) is 82.1 Å². The zero-order valence-electron chi connectivity index (χ0n) is 18.0. The number of ether oxygens (including phenoxy) is 3. The summed E-state index contributed by atoms with van der Waals surface area (Å²) in [5.74, 6) is 0.303. The van der Waals surface area contributed by atoms with Crippen LogP contribution in [0, 0.1) is 6.92 Å². The molecular formula is C23H29NO6S. The van der Waals surface area contributed by atoms with Crippen molar-refractivity contribution in [2.75, 3.05) is 33.4 Å². The molecule has 31 heavy (non-hydrogen) atoms. The normalized spacial score (nSPS) is 15.2. The van der Waals surface area contributed by atoms with Crippen molar-refractivity contribution in [3.63, 3.8) is 0 Å². The highest BCUT2D eigenvalue weighted by molar-refractivity contribution is 7.89. The van der Waals surface area contributed by atoms with Crippen molar-refractivity contribution in [1.82, 2.24) is 4.31 Å². The first kappa shape index (κ1) is 23.1. The Bertz CT molecular complexity index is 997. The van der Waals surface area contributed by atoms with Gasteiger partial charge in [0, 0.05) is 13.1 Å². The van der Waals surface area contributed by atoms with Crippen LogP contribution in [0.25, 0.3) is 0 Å². The smallest absolute Gasteiger partial charge is 0.338 e. The predicted octanol–water partition coefficient (Wildman–Crippen LogP) is 3.80. The second-order valence-corrected chi connectivity index (χ2v) is 9.39. The van der Waals surface area contributed by atoms with E-state index in [1.54, 1.807) is 0 Å². The molecule has 0 saturated carbocycles. The number of sulfonamides is 1. The maximum absolute atomic E-state index is 13.2. The van der Waals surface area contributed by atoms with E-state index in [0.717, 1.165) is 31.2 Å². The highest BCUT2D eigenvalue weighted by atomic mass is 32.2. The Hall–Kier alpha value is -2.58. The Labute approximate surface area is 184 Å². The van der Waals surface area contributed by atoms with Crippen LogP contribution in [0.3, 0.4) is 0 Å². The summed E-state index contributed by atoms with van der Waals surface area (Å²) < 4.78 is 44.0. The minimum Gasteiger partial charge on any atom is -0.495 e. The first-order valence-electron chi connectivity index (χ1n) is 10.5. The summed E-state index contributed by atoms with van der Waals surface area (Å²) in [5.41, 5.74) is 1.23. The number of methoxy groups -OCH3 is 1. The number of benzene rings is 2. The van der Waals surface area contributed by atoms with Gasteiger partial charge in [-0.3, -0.25) is 0 Å². The third-order valence-corrected chi connectivity index (χ3v) is 7.08. The Kier molecular flexibility index (Phi) is 7.92. The van der Waals surface area contributed by atoms with E-state index < -0.39 is 16.0 Å². The van der Waals surface area contributed by atoms with Crippen LogP contribution in [0.2, 0.25) is 0 Å². The van der Waals surface area contributed by atoms with Crippen molar-refractivity contribution in [3.05, 3.63) is 53.6 Å². The highest BCUT2D eigenvalue weighted by Crippen LogP contribution is 2.29. The largest absolute Gasteiger partial charge is 0.495 e. The van der Waals surface area contributed by atoms with E-state index in [2.05, 4.69) is 0 Å². The van der Waals surface area contributed by atoms with Crippen LogP contribution in [-0.2, 0) is 14.8 Å². The summed E-state index contributed by atoms with van der Waals surface area (Å²) in [5, 5.41) is 0. The second kappa shape index (κ2) is 10.6. The van der Waals surface area contributed by atoms with Gasteiger partial charge in [-0.2, -0.15) is 4.31 Å². The Balaban J connectivity index is 1.68. The van der Waals surface area contributed by atoms with Crippen molar-refractivity contribution >= 4 is 16.0 Å².